The minimum absolute atomic E-state index is 0.0482. The lowest BCUT2D eigenvalue weighted by atomic mass is 10.1. The SMILES string of the molecule is COC[C@H](O)CN(C(C)=O)c1c(I)c(C(=O)NC[C@H](O)CO)c(I)c(C(=O)NC[C@H](O)CO)c1I. The van der Waals surface area contributed by atoms with E-state index in [1.807, 2.05) is 67.8 Å². The first-order valence-corrected chi connectivity index (χ1v) is 13.4. The second-order valence-corrected chi connectivity index (χ2v) is 10.6. The summed E-state index contributed by atoms with van der Waals surface area (Å²) in [6.07, 6.45) is -3.44. The summed E-state index contributed by atoms with van der Waals surface area (Å²) in [5.41, 5.74) is 0.314. The van der Waals surface area contributed by atoms with Crippen molar-refractivity contribution in [1.82, 2.24) is 10.6 Å². The van der Waals surface area contributed by atoms with E-state index in [2.05, 4.69) is 10.6 Å². The van der Waals surface area contributed by atoms with Gasteiger partial charge in [0.15, 0.2) is 0 Å². The fraction of sp³-hybridized carbons (Fsp3) is 0.550. The number of hydrogen-bond acceptors (Lipinski definition) is 9. The van der Waals surface area contributed by atoms with Crippen molar-refractivity contribution >= 4 is 91.2 Å². The van der Waals surface area contributed by atoms with Gasteiger partial charge in [0.1, 0.15) is 0 Å². The van der Waals surface area contributed by atoms with Crippen molar-refractivity contribution in [3.8, 4) is 0 Å². The number of hydrogen-bond donors (Lipinski definition) is 7. The Morgan fingerprint density at radius 2 is 1.29 bits per heavy atom. The number of nitrogens with one attached hydrogen (secondary N) is 2. The Labute approximate surface area is 243 Å². The minimum Gasteiger partial charge on any atom is -0.394 e. The first-order chi connectivity index (χ1) is 16.4. The number of benzene rings is 1. The molecule has 1 rings (SSSR count). The normalized spacial score (nSPS) is 13.7. The van der Waals surface area contributed by atoms with Crippen LogP contribution in [0.1, 0.15) is 27.6 Å². The van der Waals surface area contributed by atoms with Crippen LogP contribution in [-0.4, -0.2) is 108 Å². The van der Waals surface area contributed by atoms with Crippen LogP contribution >= 0.6 is 67.8 Å². The summed E-state index contributed by atoms with van der Waals surface area (Å²) >= 11 is 5.57. The lowest BCUT2D eigenvalue weighted by Gasteiger charge is -2.29. The average Bonchev–Trinajstić information content (AvgIpc) is 2.80. The highest BCUT2D eigenvalue weighted by Crippen LogP contribution is 2.38. The summed E-state index contributed by atoms with van der Waals surface area (Å²) in [5.74, 6) is -1.77. The van der Waals surface area contributed by atoms with E-state index in [0.717, 1.165) is 0 Å². The van der Waals surface area contributed by atoms with Crippen LogP contribution in [0.2, 0.25) is 0 Å². The van der Waals surface area contributed by atoms with E-state index < -0.39 is 49.2 Å². The van der Waals surface area contributed by atoms with Gasteiger partial charge in [-0.1, -0.05) is 0 Å². The van der Waals surface area contributed by atoms with Crippen molar-refractivity contribution in [1.29, 1.82) is 0 Å². The number of nitrogens with zero attached hydrogens (tertiary/aromatic N) is 1. The Hall–Kier alpha value is -0.420. The molecule has 0 radical (unpaired) electrons. The zero-order chi connectivity index (χ0) is 26.9. The molecule has 0 bridgehead atoms. The van der Waals surface area contributed by atoms with Crippen molar-refractivity contribution in [3.63, 3.8) is 0 Å². The van der Waals surface area contributed by atoms with Crippen LogP contribution in [0.25, 0.3) is 0 Å². The van der Waals surface area contributed by atoms with Crippen LogP contribution in [0.4, 0.5) is 5.69 Å². The smallest absolute Gasteiger partial charge is 0.253 e. The zero-order valence-corrected chi connectivity index (χ0v) is 25.4. The molecular weight excluding hydrogens is 807 g/mol. The summed E-state index contributed by atoms with van der Waals surface area (Å²) in [7, 11) is 1.40. The molecule has 0 spiro atoms. The predicted octanol–water partition coefficient (Wildman–Crippen LogP) is -0.973. The van der Waals surface area contributed by atoms with Crippen LogP contribution < -0.4 is 15.5 Å². The Kier molecular flexibility index (Phi) is 14.7. The van der Waals surface area contributed by atoms with Crippen LogP contribution in [-0.2, 0) is 9.53 Å². The van der Waals surface area contributed by atoms with Crippen LogP contribution in [0.3, 0.4) is 0 Å². The fourth-order valence-corrected chi connectivity index (χ4v) is 7.57. The van der Waals surface area contributed by atoms with Crippen molar-refractivity contribution < 1.29 is 44.7 Å². The Morgan fingerprint density at radius 1 is 0.857 bits per heavy atom. The Balaban J connectivity index is 3.72. The molecule has 1 aromatic carbocycles. The molecule has 0 aromatic heterocycles. The van der Waals surface area contributed by atoms with Gasteiger partial charge in [-0.05, 0) is 67.8 Å². The largest absolute Gasteiger partial charge is 0.394 e. The van der Waals surface area contributed by atoms with Gasteiger partial charge >= 0.3 is 0 Å². The highest BCUT2D eigenvalue weighted by Gasteiger charge is 2.32. The lowest BCUT2D eigenvalue weighted by Crippen LogP contribution is -2.41. The van der Waals surface area contributed by atoms with Crippen LogP contribution in [0, 0.1) is 10.7 Å². The molecule has 0 aliphatic rings. The minimum atomic E-state index is -1.20. The number of ether oxygens (including phenoxy) is 1. The molecule has 1 aromatic rings. The number of aliphatic hydroxyl groups excluding tert-OH is 5. The molecule has 35 heavy (non-hydrogen) atoms. The molecule has 15 heteroatoms. The molecule has 12 nitrogen and oxygen atoms in total. The fourth-order valence-electron chi connectivity index (χ4n) is 2.85. The highest BCUT2D eigenvalue weighted by molar-refractivity contribution is 14.1. The van der Waals surface area contributed by atoms with Crippen molar-refractivity contribution in [2.45, 2.75) is 25.2 Å². The third kappa shape index (κ3) is 9.13. The van der Waals surface area contributed by atoms with Gasteiger partial charge in [-0.2, -0.15) is 0 Å². The van der Waals surface area contributed by atoms with Crippen LogP contribution in [0.5, 0.6) is 0 Å². The molecule has 0 aliphatic heterocycles. The summed E-state index contributed by atoms with van der Waals surface area (Å²) in [6.45, 7) is -0.597. The first kappa shape index (κ1) is 32.6. The maximum absolute atomic E-state index is 13.1. The highest BCUT2D eigenvalue weighted by atomic mass is 127. The summed E-state index contributed by atoms with van der Waals surface area (Å²) in [4.78, 5) is 40.0. The number of carbonyl (C=O) groups is 3. The number of halogens is 3. The molecule has 3 amide bonds. The van der Waals surface area contributed by atoms with Crippen molar-refractivity contribution in [2.24, 2.45) is 0 Å². The summed E-state index contributed by atoms with van der Waals surface area (Å²) < 4.78 is 5.83. The van der Waals surface area contributed by atoms with Gasteiger partial charge in [0.05, 0.1) is 68.6 Å². The van der Waals surface area contributed by atoms with Gasteiger partial charge in [0, 0.05) is 30.7 Å². The number of anilines is 1. The number of amides is 3. The molecule has 3 atom stereocenters. The van der Waals surface area contributed by atoms with Crippen molar-refractivity contribution in [3.05, 3.63) is 21.8 Å². The van der Waals surface area contributed by atoms with Gasteiger partial charge in [0.25, 0.3) is 11.8 Å². The number of rotatable bonds is 13. The lowest BCUT2D eigenvalue weighted by molar-refractivity contribution is -0.117. The van der Waals surface area contributed by atoms with E-state index in [1.54, 1.807) is 0 Å². The van der Waals surface area contributed by atoms with E-state index >= 15 is 0 Å². The van der Waals surface area contributed by atoms with Gasteiger partial charge in [-0.25, -0.2) is 0 Å². The molecular formula is C20H28I3N3O9. The third-order valence-electron chi connectivity index (χ3n) is 4.57. The second-order valence-electron chi connectivity index (χ2n) is 7.37. The van der Waals surface area contributed by atoms with Crippen molar-refractivity contribution in [2.75, 3.05) is 51.5 Å². The van der Waals surface area contributed by atoms with E-state index in [-0.39, 0.29) is 46.6 Å². The molecule has 0 unspecified atom stereocenters. The van der Waals surface area contributed by atoms with E-state index in [1.165, 1.54) is 18.9 Å². The monoisotopic (exact) mass is 835 g/mol. The second kappa shape index (κ2) is 15.7. The molecule has 0 saturated heterocycles. The maximum Gasteiger partial charge on any atom is 0.253 e. The maximum atomic E-state index is 13.1. The Bertz CT molecular complexity index is 867. The first-order valence-electron chi connectivity index (χ1n) is 10.2. The van der Waals surface area contributed by atoms with Gasteiger partial charge in [-0.15, -0.1) is 0 Å². The molecule has 0 saturated carbocycles. The predicted molar refractivity (Wildman–Crippen MR) is 151 cm³/mol. The van der Waals surface area contributed by atoms with E-state index in [0.29, 0.717) is 7.14 Å². The topological polar surface area (TPSA) is 189 Å². The molecule has 0 fully saturated rings. The molecule has 7 N–H and O–H groups in total. The summed E-state index contributed by atoms with van der Waals surface area (Å²) in [6, 6.07) is 0. The van der Waals surface area contributed by atoms with Gasteiger partial charge in [-0.3, -0.25) is 14.4 Å². The average molecular weight is 835 g/mol. The standard InChI is InChI=1S/C20H28I3N3O9/c1-9(29)26(5-12(32)8-35-2)18-16(22)13(19(33)24-3-10(30)6-27)15(21)14(17(18)23)20(34)25-4-11(31)7-28/h10-12,27-28,30-32H,3-8H2,1-2H3,(H,24,33)(H,25,34)/t10-,11-,12+/m0/s1. The Morgan fingerprint density at radius 3 is 1.63 bits per heavy atom. The third-order valence-corrected chi connectivity index (χ3v) is 7.75. The zero-order valence-electron chi connectivity index (χ0n) is 18.9. The summed E-state index contributed by atoms with van der Waals surface area (Å²) in [5, 5.41) is 52.6. The quantitative estimate of drug-likeness (QED) is 0.123. The van der Waals surface area contributed by atoms with Gasteiger partial charge < -0.3 is 45.8 Å². The van der Waals surface area contributed by atoms with Crippen LogP contribution in [0.15, 0.2) is 0 Å². The number of carbonyl (C=O) groups excluding carboxylic acids is 3. The van der Waals surface area contributed by atoms with E-state index in [4.69, 9.17) is 14.9 Å². The number of methoxy groups -OCH3 is 1. The van der Waals surface area contributed by atoms with E-state index in [9.17, 15) is 29.7 Å². The molecule has 0 heterocycles. The van der Waals surface area contributed by atoms with Gasteiger partial charge in [0.2, 0.25) is 5.91 Å². The molecule has 198 valence electrons. The number of aliphatic hydroxyl groups is 5. The molecule has 0 aliphatic carbocycles.